The highest BCUT2D eigenvalue weighted by atomic mass is 16.5. The predicted octanol–water partition coefficient (Wildman–Crippen LogP) is 5.39. The first kappa shape index (κ1) is 21.2. The Kier molecular flexibility index (Phi) is 5.74. The standard InChI is InChI=1S/C25H26O5/c1-15(2)5-11-18-22(28)19-13-14-25(3,4)30-24(19)21(23(18)29)20(27)12-8-16-6-9-17(26)10-7-16/h5-10,12-14,26,28-29H,11H2,1-4H3/b12-8+. The Labute approximate surface area is 176 Å². The van der Waals surface area contributed by atoms with Gasteiger partial charge < -0.3 is 20.1 Å². The fourth-order valence-corrected chi connectivity index (χ4v) is 3.19. The van der Waals surface area contributed by atoms with E-state index in [0.717, 1.165) is 11.1 Å². The van der Waals surface area contributed by atoms with E-state index in [9.17, 15) is 20.1 Å². The molecule has 5 nitrogen and oxygen atoms in total. The molecule has 1 heterocycles. The molecule has 0 radical (unpaired) electrons. The van der Waals surface area contributed by atoms with Crippen molar-refractivity contribution in [2.45, 2.75) is 39.7 Å². The Balaban J connectivity index is 2.12. The smallest absolute Gasteiger partial charge is 0.193 e. The first-order chi connectivity index (χ1) is 14.1. The number of benzene rings is 2. The summed E-state index contributed by atoms with van der Waals surface area (Å²) in [5, 5.41) is 31.1. The zero-order chi connectivity index (χ0) is 22.1. The monoisotopic (exact) mass is 406 g/mol. The second-order valence-electron chi connectivity index (χ2n) is 8.11. The lowest BCUT2D eigenvalue weighted by Gasteiger charge is -2.30. The summed E-state index contributed by atoms with van der Waals surface area (Å²) in [6, 6.07) is 6.40. The molecular weight excluding hydrogens is 380 g/mol. The van der Waals surface area contributed by atoms with Crippen molar-refractivity contribution in [1.29, 1.82) is 0 Å². The summed E-state index contributed by atoms with van der Waals surface area (Å²) < 4.78 is 5.97. The van der Waals surface area contributed by atoms with Gasteiger partial charge in [0.05, 0.1) is 5.56 Å². The first-order valence-corrected chi connectivity index (χ1v) is 9.73. The van der Waals surface area contributed by atoms with Crippen LogP contribution in [-0.4, -0.2) is 26.7 Å². The Bertz CT molecular complexity index is 1070. The number of hydrogen-bond acceptors (Lipinski definition) is 5. The maximum atomic E-state index is 13.1. The molecule has 0 aromatic heterocycles. The van der Waals surface area contributed by atoms with Crippen LogP contribution < -0.4 is 4.74 Å². The van der Waals surface area contributed by atoms with Gasteiger partial charge in [-0.2, -0.15) is 0 Å². The third kappa shape index (κ3) is 4.40. The first-order valence-electron chi connectivity index (χ1n) is 9.73. The fourth-order valence-electron chi connectivity index (χ4n) is 3.19. The van der Waals surface area contributed by atoms with Gasteiger partial charge in [0, 0.05) is 5.56 Å². The van der Waals surface area contributed by atoms with E-state index >= 15 is 0 Å². The summed E-state index contributed by atoms with van der Waals surface area (Å²) in [6.45, 7) is 7.51. The molecule has 0 saturated heterocycles. The highest BCUT2D eigenvalue weighted by Gasteiger charge is 2.32. The van der Waals surface area contributed by atoms with Crippen LogP contribution in [0.5, 0.6) is 23.0 Å². The Morgan fingerprint density at radius 3 is 2.37 bits per heavy atom. The normalized spacial score (nSPS) is 14.3. The van der Waals surface area contributed by atoms with Crippen LogP contribution in [0.15, 0.2) is 48.1 Å². The molecule has 3 rings (SSSR count). The molecule has 0 bridgehead atoms. The van der Waals surface area contributed by atoms with E-state index in [4.69, 9.17) is 4.74 Å². The summed E-state index contributed by atoms with van der Waals surface area (Å²) in [5.74, 6) is -0.517. The number of hydrogen-bond donors (Lipinski definition) is 3. The number of fused-ring (bicyclic) bond motifs is 1. The molecule has 1 aliphatic rings. The Hall–Kier alpha value is -3.47. The molecule has 0 atom stereocenters. The van der Waals surface area contributed by atoms with E-state index in [1.807, 2.05) is 33.8 Å². The van der Waals surface area contributed by atoms with Gasteiger partial charge >= 0.3 is 0 Å². The minimum Gasteiger partial charge on any atom is -0.508 e. The van der Waals surface area contributed by atoms with E-state index in [1.54, 1.807) is 30.4 Å². The maximum Gasteiger partial charge on any atom is 0.193 e. The van der Waals surface area contributed by atoms with Gasteiger partial charge in [-0.25, -0.2) is 0 Å². The molecule has 0 aliphatic carbocycles. The van der Waals surface area contributed by atoms with Crippen LogP contribution >= 0.6 is 0 Å². The van der Waals surface area contributed by atoms with Gasteiger partial charge in [-0.05, 0) is 70.0 Å². The number of phenols is 3. The minimum absolute atomic E-state index is 0.0207. The van der Waals surface area contributed by atoms with Gasteiger partial charge in [0.25, 0.3) is 0 Å². The number of carbonyl (C=O) groups excluding carboxylic acids is 1. The van der Waals surface area contributed by atoms with E-state index in [2.05, 4.69) is 0 Å². The van der Waals surface area contributed by atoms with Gasteiger partial charge in [0.15, 0.2) is 5.78 Å². The van der Waals surface area contributed by atoms with Crippen molar-refractivity contribution in [3.8, 4) is 23.0 Å². The lowest BCUT2D eigenvalue weighted by atomic mass is 9.92. The number of ether oxygens (including phenoxy) is 1. The molecule has 0 amide bonds. The van der Waals surface area contributed by atoms with Gasteiger partial charge in [0.2, 0.25) is 0 Å². The molecule has 0 fully saturated rings. The zero-order valence-corrected chi connectivity index (χ0v) is 17.6. The van der Waals surface area contributed by atoms with Crippen LogP contribution in [0, 0.1) is 0 Å². The average molecular weight is 406 g/mol. The minimum atomic E-state index is -0.691. The van der Waals surface area contributed by atoms with Crippen molar-refractivity contribution in [3.05, 3.63) is 70.3 Å². The van der Waals surface area contributed by atoms with Gasteiger partial charge in [-0.3, -0.25) is 4.79 Å². The number of ketones is 1. The van der Waals surface area contributed by atoms with Crippen LogP contribution in [0.3, 0.4) is 0 Å². The van der Waals surface area contributed by atoms with Crippen LogP contribution in [0.25, 0.3) is 12.2 Å². The second-order valence-corrected chi connectivity index (χ2v) is 8.11. The molecule has 3 N–H and O–H groups in total. The van der Waals surface area contributed by atoms with Crippen molar-refractivity contribution in [2.75, 3.05) is 0 Å². The zero-order valence-electron chi connectivity index (χ0n) is 17.6. The van der Waals surface area contributed by atoms with E-state index < -0.39 is 11.4 Å². The molecule has 1 aliphatic heterocycles. The molecular formula is C25H26O5. The van der Waals surface area contributed by atoms with Crippen molar-refractivity contribution >= 4 is 17.9 Å². The molecule has 156 valence electrons. The van der Waals surface area contributed by atoms with Crippen molar-refractivity contribution < 1.29 is 24.9 Å². The van der Waals surface area contributed by atoms with Crippen molar-refractivity contribution in [2.24, 2.45) is 0 Å². The fraction of sp³-hybridized carbons (Fsp3) is 0.240. The van der Waals surface area contributed by atoms with Crippen LogP contribution in [-0.2, 0) is 6.42 Å². The number of allylic oxidation sites excluding steroid dienone is 3. The number of phenolic OH excluding ortho intramolecular Hbond substituents is 3. The van der Waals surface area contributed by atoms with Crippen LogP contribution in [0.1, 0.15) is 54.7 Å². The van der Waals surface area contributed by atoms with Crippen molar-refractivity contribution in [1.82, 2.24) is 0 Å². The topological polar surface area (TPSA) is 87.0 Å². The van der Waals surface area contributed by atoms with E-state index in [0.29, 0.717) is 5.56 Å². The summed E-state index contributed by atoms with van der Waals surface area (Å²) in [4.78, 5) is 13.1. The summed E-state index contributed by atoms with van der Waals surface area (Å²) in [7, 11) is 0. The molecule has 5 heteroatoms. The van der Waals surface area contributed by atoms with Crippen molar-refractivity contribution in [3.63, 3.8) is 0 Å². The van der Waals surface area contributed by atoms with Gasteiger partial charge in [-0.15, -0.1) is 0 Å². The molecule has 2 aromatic carbocycles. The summed E-state index contributed by atoms with van der Waals surface area (Å²) in [6.07, 6.45) is 8.63. The van der Waals surface area contributed by atoms with Crippen LogP contribution in [0.4, 0.5) is 0 Å². The van der Waals surface area contributed by atoms with Crippen LogP contribution in [0.2, 0.25) is 0 Å². The number of aromatic hydroxyl groups is 3. The van der Waals surface area contributed by atoms with Gasteiger partial charge in [0.1, 0.15) is 34.2 Å². The molecule has 0 unspecified atom stereocenters. The summed E-state index contributed by atoms with van der Waals surface area (Å²) in [5.41, 5.74) is 1.74. The predicted molar refractivity (Wildman–Crippen MR) is 118 cm³/mol. The van der Waals surface area contributed by atoms with Gasteiger partial charge in [-0.1, -0.05) is 29.9 Å². The Morgan fingerprint density at radius 1 is 1.07 bits per heavy atom. The van der Waals surface area contributed by atoms with E-state index in [1.165, 1.54) is 18.2 Å². The lowest BCUT2D eigenvalue weighted by Crippen LogP contribution is -2.28. The molecule has 30 heavy (non-hydrogen) atoms. The summed E-state index contributed by atoms with van der Waals surface area (Å²) >= 11 is 0. The largest absolute Gasteiger partial charge is 0.508 e. The molecule has 2 aromatic rings. The highest BCUT2D eigenvalue weighted by molar-refractivity contribution is 6.12. The highest BCUT2D eigenvalue weighted by Crippen LogP contribution is 2.47. The third-order valence-electron chi connectivity index (χ3n) is 4.83. The maximum absolute atomic E-state index is 13.1. The van der Waals surface area contributed by atoms with E-state index in [-0.39, 0.29) is 40.5 Å². The lowest BCUT2D eigenvalue weighted by molar-refractivity contribution is 0.103. The number of carbonyl (C=O) groups is 1. The molecule has 0 saturated carbocycles. The molecule has 0 spiro atoms. The number of rotatable bonds is 5. The quantitative estimate of drug-likeness (QED) is 0.352. The third-order valence-corrected chi connectivity index (χ3v) is 4.83. The Morgan fingerprint density at radius 2 is 1.73 bits per heavy atom. The second kappa shape index (κ2) is 8.11. The average Bonchev–Trinajstić information content (AvgIpc) is 2.66. The SMILES string of the molecule is CC(C)=CCc1c(O)c2c(c(C(=O)/C=C/c3ccc(O)cc3)c1O)OC(C)(C)C=C2.